The SMILES string of the molecule is Cc1cc(C)c(C)c(C=C(CO)B2OC(C)(C)C(C)(C)O2)c1C. The second-order valence-electron chi connectivity index (χ2n) is 7.64. The Kier molecular flexibility index (Phi) is 4.82. The Balaban J connectivity index is 2.46. The Labute approximate surface area is 140 Å². The van der Waals surface area contributed by atoms with Crippen LogP contribution in [0.25, 0.3) is 6.08 Å². The maximum Gasteiger partial charge on any atom is 0.492 e. The highest BCUT2D eigenvalue weighted by Crippen LogP contribution is 2.39. The van der Waals surface area contributed by atoms with Crippen LogP contribution in [0, 0.1) is 27.7 Å². The number of hydrogen-bond acceptors (Lipinski definition) is 3. The van der Waals surface area contributed by atoms with Gasteiger partial charge in [0.25, 0.3) is 0 Å². The van der Waals surface area contributed by atoms with Crippen LogP contribution in [-0.2, 0) is 9.31 Å². The van der Waals surface area contributed by atoms with Crippen molar-refractivity contribution in [2.24, 2.45) is 0 Å². The number of aliphatic hydroxyl groups is 1. The fraction of sp³-hybridized carbons (Fsp3) is 0.579. The summed E-state index contributed by atoms with van der Waals surface area (Å²) in [7, 11) is -0.510. The van der Waals surface area contributed by atoms with Crippen LogP contribution >= 0.6 is 0 Å². The summed E-state index contributed by atoms with van der Waals surface area (Å²) in [4.78, 5) is 0. The van der Waals surface area contributed by atoms with Gasteiger partial charge in [-0.3, -0.25) is 0 Å². The van der Waals surface area contributed by atoms with Crippen molar-refractivity contribution in [3.8, 4) is 0 Å². The first-order valence-corrected chi connectivity index (χ1v) is 8.24. The lowest BCUT2D eigenvalue weighted by Gasteiger charge is -2.32. The van der Waals surface area contributed by atoms with E-state index in [-0.39, 0.29) is 6.61 Å². The van der Waals surface area contributed by atoms with Gasteiger partial charge in [-0.25, -0.2) is 0 Å². The van der Waals surface area contributed by atoms with Crippen molar-refractivity contribution in [1.29, 1.82) is 0 Å². The number of aliphatic hydroxyl groups excluding tert-OH is 1. The normalized spacial score (nSPS) is 20.2. The minimum absolute atomic E-state index is 0.0807. The molecular weight excluding hydrogens is 287 g/mol. The van der Waals surface area contributed by atoms with Crippen molar-refractivity contribution < 1.29 is 14.4 Å². The minimum Gasteiger partial charge on any atom is -0.400 e. The lowest BCUT2D eigenvalue weighted by molar-refractivity contribution is 0.00578. The van der Waals surface area contributed by atoms with Gasteiger partial charge in [-0.05, 0) is 88.7 Å². The summed E-state index contributed by atoms with van der Waals surface area (Å²) in [5.74, 6) is 0. The zero-order valence-corrected chi connectivity index (χ0v) is 15.7. The van der Waals surface area contributed by atoms with E-state index in [1.165, 1.54) is 22.3 Å². The van der Waals surface area contributed by atoms with E-state index >= 15 is 0 Å². The third-order valence-electron chi connectivity index (χ3n) is 5.49. The van der Waals surface area contributed by atoms with Gasteiger partial charge in [-0.15, -0.1) is 0 Å². The van der Waals surface area contributed by atoms with Crippen molar-refractivity contribution in [2.45, 2.75) is 66.6 Å². The van der Waals surface area contributed by atoms with Crippen LogP contribution in [0.1, 0.15) is 55.5 Å². The average molecular weight is 316 g/mol. The van der Waals surface area contributed by atoms with Crippen molar-refractivity contribution in [3.05, 3.63) is 39.4 Å². The summed E-state index contributed by atoms with van der Waals surface area (Å²) < 4.78 is 12.2. The van der Waals surface area contributed by atoms with Gasteiger partial charge in [-0.2, -0.15) is 0 Å². The average Bonchev–Trinajstić information content (AvgIpc) is 2.65. The number of aryl methyl sites for hydroxylation is 2. The van der Waals surface area contributed by atoms with Crippen LogP contribution in [0.5, 0.6) is 0 Å². The predicted octanol–water partition coefficient (Wildman–Crippen LogP) is 3.93. The molecule has 4 heteroatoms. The molecule has 0 atom stereocenters. The third kappa shape index (κ3) is 3.26. The first kappa shape index (κ1) is 18.2. The Morgan fingerprint density at radius 1 is 1.00 bits per heavy atom. The second kappa shape index (κ2) is 6.08. The molecule has 0 amide bonds. The van der Waals surface area contributed by atoms with Crippen LogP contribution < -0.4 is 0 Å². The van der Waals surface area contributed by atoms with Gasteiger partial charge in [0, 0.05) is 0 Å². The van der Waals surface area contributed by atoms with E-state index in [1.54, 1.807) is 0 Å². The lowest BCUT2D eigenvalue weighted by Crippen LogP contribution is -2.41. The summed E-state index contributed by atoms with van der Waals surface area (Å²) in [6, 6.07) is 2.20. The molecule has 1 fully saturated rings. The first-order valence-electron chi connectivity index (χ1n) is 8.24. The zero-order chi connectivity index (χ0) is 17.6. The van der Waals surface area contributed by atoms with Crippen molar-refractivity contribution in [2.75, 3.05) is 6.61 Å². The van der Waals surface area contributed by atoms with Crippen LogP contribution in [-0.4, -0.2) is 30.0 Å². The number of rotatable bonds is 3. The molecule has 1 aliphatic rings. The fourth-order valence-corrected chi connectivity index (χ4v) is 2.83. The van der Waals surface area contributed by atoms with Gasteiger partial charge in [0.1, 0.15) is 0 Å². The Hall–Kier alpha value is -1.10. The maximum atomic E-state index is 9.88. The van der Waals surface area contributed by atoms with Gasteiger partial charge in [0.15, 0.2) is 0 Å². The maximum absolute atomic E-state index is 9.88. The van der Waals surface area contributed by atoms with Crippen molar-refractivity contribution >= 4 is 13.2 Å². The molecule has 0 aromatic heterocycles. The Morgan fingerprint density at radius 2 is 1.43 bits per heavy atom. The van der Waals surface area contributed by atoms with Crippen LogP contribution in [0.3, 0.4) is 0 Å². The second-order valence-corrected chi connectivity index (χ2v) is 7.64. The molecule has 3 nitrogen and oxygen atoms in total. The molecule has 0 radical (unpaired) electrons. The summed E-state index contributed by atoms with van der Waals surface area (Å²) in [5, 5.41) is 9.88. The quantitative estimate of drug-likeness (QED) is 0.859. The van der Waals surface area contributed by atoms with E-state index in [0.717, 1.165) is 11.0 Å². The molecule has 2 rings (SSSR count). The molecule has 1 heterocycles. The monoisotopic (exact) mass is 316 g/mol. The van der Waals surface area contributed by atoms with E-state index in [4.69, 9.17) is 9.31 Å². The van der Waals surface area contributed by atoms with Crippen LogP contribution in [0.4, 0.5) is 0 Å². The van der Waals surface area contributed by atoms with E-state index < -0.39 is 18.3 Å². The molecule has 1 saturated heterocycles. The molecule has 1 aliphatic heterocycles. The van der Waals surface area contributed by atoms with E-state index in [1.807, 2.05) is 33.8 Å². The fourth-order valence-electron chi connectivity index (χ4n) is 2.83. The summed E-state index contributed by atoms with van der Waals surface area (Å²) in [5.41, 5.74) is 6.08. The largest absolute Gasteiger partial charge is 0.492 e. The first-order chi connectivity index (χ1) is 10.5. The zero-order valence-electron chi connectivity index (χ0n) is 15.7. The molecule has 0 unspecified atom stereocenters. The van der Waals surface area contributed by atoms with Crippen LogP contribution in [0.15, 0.2) is 11.5 Å². The van der Waals surface area contributed by atoms with Gasteiger partial charge >= 0.3 is 7.12 Å². The van der Waals surface area contributed by atoms with Crippen LogP contribution in [0.2, 0.25) is 0 Å². The molecule has 0 aliphatic carbocycles. The predicted molar refractivity (Wildman–Crippen MR) is 96.5 cm³/mol. The molecule has 126 valence electrons. The van der Waals surface area contributed by atoms with Crippen molar-refractivity contribution in [3.63, 3.8) is 0 Å². The molecule has 0 spiro atoms. The topological polar surface area (TPSA) is 38.7 Å². The lowest BCUT2D eigenvalue weighted by atomic mass is 9.76. The van der Waals surface area contributed by atoms with Gasteiger partial charge < -0.3 is 14.4 Å². The minimum atomic E-state index is -0.510. The van der Waals surface area contributed by atoms with Gasteiger partial charge in [0.05, 0.1) is 17.8 Å². The van der Waals surface area contributed by atoms with Gasteiger partial charge in [-0.1, -0.05) is 12.1 Å². The van der Waals surface area contributed by atoms with E-state index in [9.17, 15) is 5.11 Å². The summed E-state index contributed by atoms with van der Waals surface area (Å²) in [6.45, 7) is 16.5. The Bertz CT molecular complexity index is 602. The Morgan fingerprint density at radius 3 is 1.83 bits per heavy atom. The highest BCUT2D eigenvalue weighted by molar-refractivity contribution is 6.55. The molecule has 23 heavy (non-hydrogen) atoms. The summed E-state index contributed by atoms with van der Waals surface area (Å²) >= 11 is 0. The summed E-state index contributed by atoms with van der Waals surface area (Å²) in [6.07, 6.45) is 2.03. The third-order valence-corrected chi connectivity index (χ3v) is 5.49. The molecule has 1 aromatic carbocycles. The number of hydrogen-bond donors (Lipinski definition) is 1. The highest BCUT2D eigenvalue weighted by atomic mass is 16.7. The number of benzene rings is 1. The molecule has 1 N–H and O–H groups in total. The smallest absolute Gasteiger partial charge is 0.400 e. The molecule has 0 bridgehead atoms. The van der Waals surface area contributed by atoms with Gasteiger partial charge in [0.2, 0.25) is 0 Å². The molecule has 0 saturated carbocycles. The molecular formula is C19H29BO3. The molecule has 1 aromatic rings. The van der Waals surface area contributed by atoms with Crippen molar-refractivity contribution in [1.82, 2.24) is 0 Å². The highest BCUT2D eigenvalue weighted by Gasteiger charge is 2.52. The standard InChI is InChI=1S/C19H29BO3/c1-12-9-13(2)15(4)17(14(12)3)10-16(11-21)20-22-18(5,6)19(7,8)23-20/h9-10,21H,11H2,1-8H3. The van der Waals surface area contributed by atoms with E-state index in [2.05, 4.69) is 33.8 Å². The van der Waals surface area contributed by atoms with E-state index in [0.29, 0.717) is 0 Å².